The fraction of sp³-hybridized carbons (Fsp3) is 0.409. The highest BCUT2D eigenvalue weighted by Crippen LogP contribution is 2.42. The first-order valence-electron chi connectivity index (χ1n) is 11.4. The van der Waals surface area contributed by atoms with Gasteiger partial charge in [-0.25, -0.2) is 14.6 Å². The number of nitrogens with one attached hydrogen (secondary N) is 2. The van der Waals surface area contributed by atoms with Gasteiger partial charge in [0.1, 0.15) is 22.7 Å². The Kier molecular flexibility index (Phi) is 9.72. The molecule has 0 saturated carbocycles. The number of carbonyl (C=O) groups excluding carboxylic acids is 3. The summed E-state index contributed by atoms with van der Waals surface area (Å²) < 4.78 is 6.71. The molecule has 12 nitrogen and oxygen atoms in total. The Bertz CT molecular complexity index is 1400. The van der Waals surface area contributed by atoms with Gasteiger partial charge in [-0.05, 0) is 32.6 Å². The number of hydrogen-bond donors (Lipinski definition) is 3. The van der Waals surface area contributed by atoms with Crippen molar-refractivity contribution in [3.8, 4) is 0 Å². The summed E-state index contributed by atoms with van der Waals surface area (Å²) in [6.07, 6.45) is 1.20. The highest BCUT2D eigenvalue weighted by molar-refractivity contribution is 8.03. The van der Waals surface area contributed by atoms with E-state index < -0.39 is 40.9 Å². The van der Waals surface area contributed by atoms with Gasteiger partial charge in [0.25, 0.3) is 11.8 Å². The Labute approximate surface area is 254 Å². The van der Waals surface area contributed by atoms with Crippen LogP contribution in [0.4, 0.5) is 9.93 Å². The molecule has 40 heavy (non-hydrogen) atoms. The molecule has 0 spiro atoms. The second kappa shape index (κ2) is 12.7. The third kappa shape index (κ3) is 6.94. The van der Waals surface area contributed by atoms with Gasteiger partial charge in [-0.1, -0.05) is 46.5 Å². The van der Waals surface area contributed by atoms with Crippen molar-refractivity contribution < 1.29 is 29.0 Å². The number of ether oxygens (including phenoxy) is 1. The van der Waals surface area contributed by atoms with Crippen LogP contribution in [-0.4, -0.2) is 83.8 Å². The van der Waals surface area contributed by atoms with Crippen molar-refractivity contribution in [3.63, 3.8) is 0 Å². The molecule has 3 amide bonds. The number of carbonyl (C=O) groups is 4. The van der Waals surface area contributed by atoms with Gasteiger partial charge in [-0.2, -0.15) is 0 Å². The Morgan fingerprint density at radius 3 is 2.65 bits per heavy atom. The number of hydrogen-bond acceptors (Lipinski definition) is 13. The van der Waals surface area contributed by atoms with Gasteiger partial charge in [0.15, 0.2) is 13.8 Å². The number of rotatable bonds is 9. The number of thioether (sulfide) groups is 3. The van der Waals surface area contributed by atoms with Gasteiger partial charge in [0.2, 0.25) is 0 Å². The number of thiazole rings is 1. The zero-order chi connectivity index (χ0) is 29.2. The molecule has 18 heteroatoms. The number of aliphatic carboxylic acids is 1. The Balaban J connectivity index is 1.41. The van der Waals surface area contributed by atoms with E-state index in [4.69, 9.17) is 16.3 Å². The summed E-state index contributed by atoms with van der Waals surface area (Å²) in [5.74, 6) is -1.70. The highest BCUT2D eigenvalue weighted by Gasteiger charge is 2.54. The molecule has 2 aliphatic heterocycles. The summed E-state index contributed by atoms with van der Waals surface area (Å²) in [6.45, 7) is 5.17. The van der Waals surface area contributed by atoms with Crippen molar-refractivity contribution in [2.24, 2.45) is 0 Å². The van der Waals surface area contributed by atoms with Crippen LogP contribution in [0, 0.1) is 0 Å². The predicted octanol–water partition coefficient (Wildman–Crippen LogP) is 4.17. The lowest BCUT2D eigenvalue weighted by Crippen LogP contribution is -2.70. The first kappa shape index (κ1) is 30.6. The van der Waals surface area contributed by atoms with Crippen molar-refractivity contribution in [1.82, 2.24) is 25.4 Å². The number of nitrogens with zero attached hydrogens (tertiary/aromatic N) is 4. The monoisotopic (exact) mass is 662 g/mol. The first-order valence-corrected chi connectivity index (χ1v) is 16.8. The van der Waals surface area contributed by atoms with Gasteiger partial charge in [-0.15, -0.1) is 33.3 Å². The maximum atomic E-state index is 13.0. The topological polar surface area (TPSA) is 164 Å². The molecule has 2 atom stereocenters. The normalized spacial score (nSPS) is 19.2. The number of carboxylic acid groups (broad SMARTS) is 1. The van der Waals surface area contributed by atoms with E-state index in [0.717, 1.165) is 21.2 Å². The SMILES string of the molecule is CSc1nnc(SCC2=C(C(=O)O)N3C(=O)C(NC(=O)/C(=C/Cl)c4csc(NC(=O)OC(C)(C)C)n4)[C@H]3SC2)s1. The maximum absolute atomic E-state index is 13.0. The standard InChI is InChI=1S/C22H23ClN6O6S5/c1-22(2,3)35-19(34)26-18-24-11(8-38-18)10(5-23)14(30)25-12-15(31)29-13(17(32)33)9(6-37-16(12)29)7-39-21-28-27-20(36-4)40-21/h5,8,12,16H,6-7H2,1-4H3,(H,25,30)(H,32,33)(H,24,26,34)/b10-5+/t12?,16-/m1/s1. The fourth-order valence-corrected chi connectivity index (χ4v) is 8.40. The molecule has 0 radical (unpaired) electrons. The van der Waals surface area contributed by atoms with Crippen LogP contribution in [0.1, 0.15) is 26.5 Å². The van der Waals surface area contributed by atoms with Crippen LogP contribution in [-0.2, 0) is 19.1 Å². The van der Waals surface area contributed by atoms with Crippen LogP contribution >= 0.6 is 69.6 Å². The van der Waals surface area contributed by atoms with Crippen LogP contribution in [0.15, 0.2) is 30.9 Å². The molecule has 3 N–H and O–H groups in total. The number of β-lactam (4-membered cyclic amide) rings is 1. The number of aromatic nitrogens is 3. The molecular formula is C22H23ClN6O6S5. The lowest BCUT2D eigenvalue weighted by atomic mass is 10.0. The van der Waals surface area contributed by atoms with Crippen LogP contribution in [0.3, 0.4) is 0 Å². The number of halogens is 1. The summed E-state index contributed by atoms with van der Waals surface area (Å²) in [5.41, 5.74) is 1.02. The Hall–Kier alpha value is -2.31. The van der Waals surface area contributed by atoms with Crippen LogP contribution in [0.25, 0.3) is 5.57 Å². The molecule has 4 rings (SSSR count). The number of amides is 3. The lowest BCUT2D eigenvalue weighted by Gasteiger charge is -2.49. The van der Waals surface area contributed by atoms with Crippen molar-refractivity contribution in [1.29, 1.82) is 0 Å². The highest BCUT2D eigenvalue weighted by atomic mass is 35.5. The van der Waals surface area contributed by atoms with E-state index in [9.17, 15) is 24.3 Å². The summed E-state index contributed by atoms with van der Waals surface area (Å²) in [6, 6.07) is -0.946. The second-order valence-corrected chi connectivity index (χ2v) is 14.6. The van der Waals surface area contributed by atoms with Crippen molar-refractivity contribution in [3.05, 3.63) is 27.9 Å². The molecule has 0 bridgehead atoms. The summed E-state index contributed by atoms with van der Waals surface area (Å²) in [4.78, 5) is 55.7. The third-order valence-corrected chi connectivity index (χ3v) is 10.6. The molecular weight excluding hydrogens is 640 g/mol. The van der Waals surface area contributed by atoms with Gasteiger partial charge in [0, 0.05) is 22.4 Å². The average molecular weight is 663 g/mol. The molecule has 0 aliphatic carbocycles. The summed E-state index contributed by atoms with van der Waals surface area (Å²) in [5, 5.41) is 24.3. The molecule has 1 fully saturated rings. The Morgan fingerprint density at radius 1 is 1.30 bits per heavy atom. The molecule has 1 saturated heterocycles. The summed E-state index contributed by atoms with van der Waals surface area (Å²) >= 11 is 12.6. The van der Waals surface area contributed by atoms with Crippen LogP contribution < -0.4 is 10.6 Å². The first-order chi connectivity index (χ1) is 18.9. The zero-order valence-electron chi connectivity index (χ0n) is 21.4. The minimum atomic E-state index is -1.21. The Morgan fingerprint density at radius 2 is 2.02 bits per heavy atom. The van der Waals surface area contributed by atoms with E-state index >= 15 is 0 Å². The fourth-order valence-electron chi connectivity index (χ4n) is 3.57. The molecule has 214 valence electrons. The molecule has 0 aromatic carbocycles. The van der Waals surface area contributed by atoms with Gasteiger partial charge >= 0.3 is 12.1 Å². The van der Waals surface area contributed by atoms with Gasteiger partial charge in [-0.3, -0.25) is 19.8 Å². The van der Waals surface area contributed by atoms with Gasteiger partial charge < -0.3 is 15.2 Å². The van der Waals surface area contributed by atoms with E-state index in [-0.39, 0.29) is 22.1 Å². The molecule has 4 heterocycles. The smallest absolute Gasteiger partial charge is 0.413 e. The van der Waals surface area contributed by atoms with Crippen LogP contribution in [0.2, 0.25) is 0 Å². The quantitative estimate of drug-likeness (QED) is 0.200. The molecule has 2 aromatic heterocycles. The van der Waals surface area contributed by atoms with Gasteiger partial charge in [0.05, 0.1) is 11.3 Å². The number of anilines is 1. The largest absolute Gasteiger partial charge is 0.477 e. The number of fused-ring (bicyclic) bond motifs is 1. The predicted molar refractivity (Wildman–Crippen MR) is 158 cm³/mol. The molecule has 2 aliphatic rings. The van der Waals surface area contributed by atoms with Crippen LogP contribution in [0.5, 0.6) is 0 Å². The lowest BCUT2D eigenvalue weighted by molar-refractivity contribution is -0.150. The number of carboxylic acids is 1. The maximum Gasteiger partial charge on any atom is 0.413 e. The average Bonchev–Trinajstić information content (AvgIpc) is 3.54. The minimum absolute atomic E-state index is 0.0185. The van der Waals surface area contributed by atoms with E-state index in [2.05, 4.69) is 25.8 Å². The van der Waals surface area contributed by atoms with E-state index in [0.29, 0.717) is 21.4 Å². The summed E-state index contributed by atoms with van der Waals surface area (Å²) in [7, 11) is 0. The van der Waals surface area contributed by atoms with E-state index in [1.54, 1.807) is 20.8 Å². The molecule has 1 unspecified atom stereocenters. The molecule has 2 aromatic rings. The van der Waals surface area contributed by atoms with E-state index in [1.807, 2.05) is 6.26 Å². The second-order valence-electron chi connectivity index (χ2n) is 9.13. The minimum Gasteiger partial charge on any atom is -0.477 e. The third-order valence-electron chi connectivity index (χ3n) is 5.21. The zero-order valence-corrected chi connectivity index (χ0v) is 26.3. The van der Waals surface area contributed by atoms with Crippen molar-refractivity contribution >= 4 is 104 Å². The van der Waals surface area contributed by atoms with Crippen molar-refractivity contribution in [2.75, 3.05) is 23.1 Å². The van der Waals surface area contributed by atoms with Crippen molar-refractivity contribution in [2.45, 2.75) is 46.5 Å². The van der Waals surface area contributed by atoms with E-state index in [1.165, 1.54) is 56.9 Å².